The molecule has 3 aliphatic rings. The third-order valence-corrected chi connectivity index (χ3v) is 6.13. The highest BCUT2D eigenvalue weighted by Crippen LogP contribution is 2.38. The molecule has 25 heavy (non-hydrogen) atoms. The van der Waals surface area contributed by atoms with Crippen LogP contribution in [-0.4, -0.2) is 59.4 Å². The molecule has 0 N–H and O–H groups in total. The molecule has 1 aromatic carbocycles. The average molecular weight is 362 g/mol. The molecule has 0 spiro atoms. The first-order valence-corrected chi connectivity index (χ1v) is 9.52. The first-order chi connectivity index (χ1) is 12.1. The summed E-state index contributed by atoms with van der Waals surface area (Å²) in [5.41, 5.74) is 1.17. The summed E-state index contributed by atoms with van der Waals surface area (Å²) in [6.45, 7) is 2.24. The Morgan fingerprint density at radius 1 is 1.16 bits per heavy atom. The number of carbonyl (C=O) groups is 2. The second-order valence-electron chi connectivity index (χ2n) is 7.47. The largest absolute Gasteiger partial charge is 0.327 e. The summed E-state index contributed by atoms with van der Waals surface area (Å²) in [7, 11) is 2.11. The molecule has 1 aromatic rings. The van der Waals surface area contributed by atoms with Crippen LogP contribution in [0.15, 0.2) is 24.3 Å². The number of fused-ring (bicyclic) bond motifs is 1. The first-order valence-electron chi connectivity index (χ1n) is 9.14. The van der Waals surface area contributed by atoms with Gasteiger partial charge >= 0.3 is 6.03 Å². The number of halogens is 1. The van der Waals surface area contributed by atoms with Gasteiger partial charge in [0.15, 0.2) is 0 Å². The van der Waals surface area contributed by atoms with Gasteiger partial charge < -0.3 is 4.90 Å². The van der Waals surface area contributed by atoms with Gasteiger partial charge in [-0.05, 0) is 62.9 Å². The third kappa shape index (κ3) is 2.93. The van der Waals surface area contributed by atoms with E-state index in [9.17, 15) is 9.59 Å². The van der Waals surface area contributed by atoms with E-state index in [1.54, 1.807) is 4.90 Å². The van der Waals surface area contributed by atoms with E-state index in [1.807, 2.05) is 18.2 Å². The molecular formula is C19H24ClN3O2. The maximum Gasteiger partial charge on any atom is 0.327 e. The smallest absolute Gasteiger partial charge is 0.312 e. The zero-order chi connectivity index (χ0) is 17.6. The Bertz CT molecular complexity index is 673. The standard InChI is InChI=1S/C19H24ClN3O2/c1-21-9-3-6-14(17(21)13-5-2-7-15(20)11-13)12-23-18(24)16-8-4-10-22(16)19(23)25/h2,5,7,11,14,16-17H,3-4,6,8-10,12H2,1H3. The molecule has 0 aliphatic carbocycles. The Morgan fingerprint density at radius 2 is 1.96 bits per heavy atom. The van der Waals surface area contributed by atoms with E-state index in [0.29, 0.717) is 13.1 Å². The number of imide groups is 1. The van der Waals surface area contributed by atoms with Gasteiger partial charge in [-0.15, -0.1) is 0 Å². The van der Waals surface area contributed by atoms with Crippen LogP contribution in [0.4, 0.5) is 4.79 Å². The molecule has 3 saturated heterocycles. The second kappa shape index (κ2) is 6.61. The molecule has 0 saturated carbocycles. The molecule has 134 valence electrons. The van der Waals surface area contributed by atoms with Crippen LogP contribution in [-0.2, 0) is 4.79 Å². The van der Waals surface area contributed by atoms with Gasteiger partial charge in [0.05, 0.1) is 0 Å². The Kier molecular flexibility index (Phi) is 4.46. The molecule has 3 atom stereocenters. The zero-order valence-corrected chi connectivity index (χ0v) is 15.3. The van der Waals surface area contributed by atoms with E-state index in [0.717, 1.165) is 37.3 Å². The van der Waals surface area contributed by atoms with Crippen LogP contribution in [0.1, 0.15) is 37.3 Å². The van der Waals surface area contributed by atoms with Crippen molar-refractivity contribution >= 4 is 23.5 Å². The number of hydrogen-bond donors (Lipinski definition) is 0. The number of hydrogen-bond acceptors (Lipinski definition) is 3. The highest BCUT2D eigenvalue weighted by atomic mass is 35.5. The third-order valence-electron chi connectivity index (χ3n) is 5.89. The van der Waals surface area contributed by atoms with E-state index in [-0.39, 0.29) is 29.9 Å². The quantitative estimate of drug-likeness (QED) is 0.777. The summed E-state index contributed by atoms with van der Waals surface area (Å²) in [6.07, 6.45) is 3.85. The first kappa shape index (κ1) is 16.9. The van der Waals surface area contributed by atoms with Crippen LogP contribution in [0.3, 0.4) is 0 Å². The van der Waals surface area contributed by atoms with Gasteiger partial charge in [0, 0.05) is 24.2 Å². The molecule has 0 radical (unpaired) electrons. The molecule has 3 amide bonds. The number of rotatable bonds is 3. The number of amides is 3. The highest BCUT2D eigenvalue weighted by molar-refractivity contribution is 6.30. The topological polar surface area (TPSA) is 43.9 Å². The van der Waals surface area contributed by atoms with Gasteiger partial charge in [-0.25, -0.2) is 4.79 Å². The van der Waals surface area contributed by atoms with Crippen molar-refractivity contribution in [1.29, 1.82) is 0 Å². The number of carbonyl (C=O) groups excluding carboxylic acids is 2. The monoisotopic (exact) mass is 361 g/mol. The summed E-state index contributed by atoms with van der Waals surface area (Å²) < 4.78 is 0. The van der Waals surface area contributed by atoms with E-state index >= 15 is 0 Å². The summed E-state index contributed by atoms with van der Waals surface area (Å²) in [4.78, 5) is 30.9. The number of piperidine rings is 1. The average Bonchev–Trinajstić information content (AvgIpc) is 3.15. The molecule has 3 heterocycles. The van der Waals surface area contributed by atoms with Crippen molar-refractivity contribution in [2.75, 3.05) is 26.7 Å². The Labute approximate surface area is 153 Å². The van der Waals surface area contributed by atoms with Gasteiger partial charge in [0.2, 0.25) is 0 Å². The van der Waals surface area contributed by atoms with E-state index in [1.165, 1.54) is 10.5 Å². The van der Waals surface area contributed by atoms with Gasteiger partial charge in [-0.1, -0.05) is 23.7 Å². The van der Waals surface area contributed by atoms with Crippen molar-refractivity contribution in [2.24, 2.45) is 5.92 Å². The lowest BCUT2D eigenvalue weighted by Crippen LogP contribution is -2.44. The fourth-order valence-electron chi connectivity index (χ4n) is 4.75. The highest BCUT2D eigenvalue weighted by Gasteiger charge is 2.48. The lowest BCUT2D eigenvalue weighted by atomic mass is 9.84. The predicted octanol–water partition coefficient (Wildman–Crippen LogP) is 3.15. The van der Waals surface area contributed by atoms with Crippen molar-refractivity contribution in [3.63, 3.8) is 0 Å². The normalized spacial score (nSPS) is 30.2. The van der Waals surface area contributed by atoms with Crippen LogP contribution in [0.25, 0.3) is 0 Å². The van der Waals surface area contributed by atoms with E-state index < -0.39 is 0 Å². The number of likely N-dealkylation sites (tertiary alicyclic amines) is 1. The van der Waals surface area contributed by atoms with E-state index in [4.69, 9.17) is 11.6 Å². The number of benzene rings is 1. The molecular weight excluding hydrogens is 338 g/mol. The SMILES string of the molecule is CN1CCCC(CN2C(=O)C3CCCN3C2=O)C1c1cccc(Cl)c1. The minimum absolute atomic E-state index is 0.000528. The molecule has 4 rings (SSSR count). The Hall–Kier alpha value is -1.59. The van der Waals surface area contributed by atoms with E-state index in [2.05, 4.69) is 18.0 Å². The van der Waals surface area contributed by atoms with Crippen molar-refractivity contribution in [1.82, 2.24) is 14.7 Å². The van der Waals surface area contributed by atoms with Crippen molar-refractivity contribution in [3.05, 3.63) is 34.9 Å². The molecule has 0 aromatic heterocycles. The molecule has 0 bridgehead atoms. The van der Waals surface area contributed by atoms with Crippen LogP contribution in [0, 0.1) is 5.92 Å². The zero-order valence-electron chi connectivity index (χ0n) is 14.5. The van der Waals surface area contributed by atoms with Gasteiger partial charge in [-0.2, -0.15) is 0 Å². The van der Waals surface area contributed by atoms with Gasteiger partial charge in [-0.3, -0.25) is 14.6 Å². The lowest BCUT2D eigenvalue weighted by molar-refractivity contribution is -0.128. The minimum atomic E-state index is -0.210. The summed E-state index contributed by atoms with van der Waals surface area (Å²) in [5, 5.41) is 0.726. The Morgan fingerprint density at radius 3 is 2.72 bits per heavy atom. The molecule has 5 nitrogen and oxygen atoms in total. The van der Waals surface area contributed by atoms with Crippen LogP contribution < -0.4 is 0 Å². The fraction of sp³-hybridized carbons (Fsp3) is 0.579. The summed E-state index contributed by atoms with van der Waals surface area (Å²) in [6, 6.07) is 7.83. The molecule has 3 unspecified atom stereocenters. The summed E-state index contributed by atoms with van der Waals surface area (Å²) in [5.74, 6) is 0.241. The van der Waals surface area contributed by atoms with Crippen LogP contribution in [0.5, 0.6) is 0 Å². The number of nitrogens with zero attached hydrogens (tertiary/aromatic N) is 3. The van der Waals surface area contributed by atoms with Crippen molar-refractivity contribution in [2.45, 2.75) is 37.8 Å². The van der Waals surface area contributed by atoms with Crippen LogP contribution in [0.2, 0.25) is 5.02 Å². The lowest BCUT2D eigenvalue weighted by Gasteiger charge is -2.40. The maximum absolute atomic E-state index is 12.7. The summed E-state index contributed by atoms with van der Waals surface area (Å²) >= 11 is 6.20. The van der Waals surface area contributed by atoms with Gasteiger partial charge in [0.1, 0.15) is 6.04 Å². The molecule has 3 aliphatic heterocycles. The predicted molar refractivity (Wildman–Crippen MR) is 96.4 cm³/mol. The molecule has 6 heteroatoms. The van der Waals surface area contributed by atoms with Gasteiger partial charge in [0.25, 0.3) is 5.91 Å². The number of urea groups is 1. The maximum atomic E-state index is 12.7. The second-order valence-corrected chi connectivity index (χ2v) is 7.90. The van der Waals surface area contributed by atoms with Crippen molar-refractivity contribution < 1.29 is 9.59 Å². The Balaban J connectivity index is 1.57. The molecule has 3 fully saturated rings. The van der Waals surface area contributed by atoms with Crippen LogP contribution >= 0.6 is 11.6 Å². The fourth-order valence-corrected chi connectivity index (χ4v) is 4.95. The van der Waals surface area contributed by atoms with Crippen molar-refractivity contribution in [3.8, 4) is 0 Å². The minimum Gasteiger partial charge on any atom is -0.312 e.